The van der Waals surface area contributed by atoms with E-state index in [-0.39, 0.29) is 5.91 Å². The summed E-state index contributed by atoms with van der Waals surface area (Å²) in [6.07, 6.45) is 1.05. The number of hydrogen-bond acceptors (Lipinski definition) is 6. The summed E-state index contributed by atoms with van der Waals surface area (Å²) in [6.45, 7) is 5.69. The van der Waals surface area contributed by atoms with Crippen molar-refractivity contribution in [3.05, 3.63) is 90.1 Å². The molecule has 174 valence electrons. The normalized spacial score (nSPS) is 11.9. The van der Waals surface area contributed by atoms with E-state index in [2.05, 4.69) is 20.5 Å². The van der Waals surface area contributed by atoms with Crippen LogP contribution in [0.15, 0.2) is 79.0 Å². The summed E-state index contributed by atoms with van der Waals surface area (Å²) in [5.74, 6) is 1.03. The molecule has 1 atom stereocenters. The molecule has 0 saturated heterocycles. The van der Waals surface area contributed by atoms with Crippen LogP contribution in [0.2, 0.25) is 0 Å². The second-order valence-corrected chi connectivity index (χ2v) is 8.33. The van der Waals surface area contributed by atoms with Crippen LogP contribution in [-0.4, -0.2) is 36.8 Å². The summed E-state index contributed by atoms with van der Waals surface area (Å²) in [5, 5.41) is 16.1. The smallest absolute Gasteiger partial charge is 0.265 e. The van der Waals surface area contributed by atoms with Gasteiger partial charge in [-0.05, 0) is 74.4 Å². The van der Waals surface area contributed by atoms with Crippen LogP contribution in [0.3, 0.4) is 0 Å². The standard InChI is InChI=1S/C27H24N6O2/c1-17-10-11-18(2)24(15-17)35-19(3)27(34)29-21-8-6-7-20(16-21)22-12-13-25-30-31-26(33(25)32-22)23-9-4-5-14-28-23/h4-16,19H,1-3H3,(H,29,34). The second-order valence-electron chi connectivity index (χ2n) is 8.33. The van der Waals surface area contributed by atoms with Gasteiger partial charge in [-0.3, -0.25) is 9.78 Å². The highest BCUT2D eigenvalue weighted by atomic mass is 16.5. The Bertz CT molecular complexity index is 1510. The fraction of sp³-hybridized carbons (Fsp3) is 0.148. The highest BCUT2D eigenvalue weighted by Crippen LogP contribution is 2.24. The van der Waals surface area contributed by atoms with E-state index in [0.29, 0.717) is 34.3 Å². The lowest BCUT2D eigenvalue weighted by Crippen LogP contribution is -2.30. The number of amides is 1. The molecule has 1 N–H and O–H groups in total. The van der Waals surface area contributed by atoms with E-state index in [9.17, 15) is 4.79 Å². The molecule has 0 fully saturated rings. The summed E-state index contributed by atoms with van der Waals surface area (Å²) in [5.41, 5.74) is 5.57. The molecular weight excluding hydrogens is 440 g/mol. The molecule has 8 nitrogen and oxygen atoms in total. The Morgan fingerprint density at radius 3 is 2.66 bits per heavy atom. The molecule has 0 radical (unpaired) electrons. The summed E-state index contributed by atoms with van der Waals surface area (Å²) < 4.78 is 7.59. The predicted molar refractivity (Wildman–Crippen MR) is 134 cm³/mol. The summed E-state index contributed by atoms with van der Waals surface area (Å²) in [7, 11) is 0. The van der Waals surface area contributed by atoms with Gasteiger partial charge in [0.25, 0.3) is 5.91 Å². The molecule has 3 heterocycles. The van der Waals surface area contributed by atoms with Crippen LogP contribution in [0.25, 0.3) is 28.4 Å². The molecule has 2 aromatic carbocycles. The van der Waals surface area contributed by atoms with E-state index in [1.165, 1.54) is 0 Å². The van der Waals surface area contributed by atoms with E-state index >= 15 is 0 Å². The molecule has 5 aromatic rings. The first kappa shape index (κ1) is 22.2. The van der Waals surface area contributed by atoms with Gasteiger partial charge in [0.15, 0.2) is 11.8 Å². The highest BCUT2D eigenvalue weighted by Gasteiger charge is 2.17. The van der Waals surface area contributed by atoms with Gasteiger partial charge in [-0.15, -0.1) is 10.2 Å². The van der Waals surface area contributed by atoms with Crippen LogP contribution in [0.4, 0.5) is 5.69 Å². The minimum absolute atomic E-state index is 0.234. The molecule has 35 heavy (non-hydrogen) atoms. The van der Waals surface area contributed by atoms with Crippen LogP contribution in [0.5, 0.6) is 5.75 Å². The monoisotopic (exact) mass is 464 g/mol. The van der Waals surface area contributed by atoms with Crippen molar-refractivity contribution in [2.75, 3.05) is 5.32 Å². The Balaban J connectivity index is 1.37. The first-order valence-electron chi connectivity index (χ1n) is 11.3. The summed E-state index contributed by atoms with van der Waals surface area (Å²) >= 11 is 0. The number of nitrogens with zero attached hydrogens (tertiary/aromatic N) is 5. The Labute approximate surface area is 202 Å². The fourth-order valence-electron chi connectivity index (χ4n) is 3.68. The van der Waals surface area contributed by atoms with Crippen LogP contribution in [-0.2, 0) is 4.79 Å². The average Bonchev–Trinajstić information content (AvgIpc) is 3.30. The van der Waals surface area contributed by atoms with Gasteiger partial charge in [-0.25, -0.2) is 0 Å². The zero-order chi connectivity index (χ0) is 24.4. The lowest BCUT2D eigenvalue weighted by Gasteiger charge is -2.17. The average molecular weight is 465 g/mol. The van der Waals surface area contributed by atoms with E-state index in [1.807, 2.05) is 86.6 Å². The maximum Gasteiger partial charge on any atom is 0.265 e. The number of fused-ring (bicyclic) bond motifs is 1. The SMILES string of the molecule is Cc1ccc(C)c(OC(C)C(=O)Nc2cccc(-c3ccc4nnc(-c5ccccn5)n4n3)c2)c1. The van der Waals surface area contributed by atoms with Crippen LogP contribution in [0.1, 0.15) is 18.1 Å². The summed E-state index contributed by atoms with van der Waals surface area (Å²) in [4.78, 5) is 17.2. The zero-order valence-corrected chi connectivity index (χ0v) is 19.6. The van der Waals surface area contributed by atoms with Crippen molar-refractivity contribution in [1.82, 2.24) is 24.8 Å². The third-order valence-electron chi connectivity index (χ3n) is 5.60. The third kappa shape index (κ3) is 4.72. The molecule has 1 unspecified atom stereocenters. The summed E-state index contributed by atoms with van der Waals surface area (Å²) in [6, 6.07) is 22.8. The molecule has 8 heteroatoms. The number of carbonyl (C=O) groups is 1. The largest absolute Gasteiger partial charge is 0.481 e. The van der Waals surface area contributed by atoms with Gasteiger partial charge in [-0.1, -0.05) is 30.3 Å². The van der Waals surface area contributed by atoms with Crippen molar-refractivity contribution in [2.45, 2.75) is 26.9 Å². The van der Waals surface area contributed by atoms with E-state index in [0.717, 1.165) is 16.7 Å². The Kier molecular flexibility index (Phi) is 5.93. The lowest BCUT2D eigenvalue weighted by atomic mass is 10.1. The van der Waals surface area contributed by atoms with E-state index in [4.69, 9.17) is 9.84 Å². The molecule has 0 spiro atoms. The minimum atomic E-state index is -0.661. The Morgan fingerprint density at radius 1 is 0.943 bits per heavy atom. The van der Waals surface area contributed by atoms with Crippen molar-refractivity contribution in [1.29, 1.82) is 0 Å². The lowest BCUT2D eigenvalue weighted by molar-refractivity contribution is -0.122. The van der Waals surface area contributed by atoms with Gasteiger partial charge in [0.05, 0.1) is 5.69 Å². The Morgan fingerprint density at radius 2 is 1.83 bits per heavy atom. The Hall–Kier alpha value is -4.59. The minimum Gasteiger partial charge on any atom is -0.481 e. The van der Waals surface area contributed by atoms with Gasteiger partial charge in [0, 0.05) is 17.4 Å². The number of nitrogens with one attached hydrogen (secondary N) is 1. The number of aromatic nitrogens is 5. The van der Waals surface area contributed by atoms with Gasteiger partial charge in [0.2, 0.25) is 5.82 Å². The van der Waals surface area contributed by atoms with Gasteiger partial charge < -0.3 is 10.1 Å². The topological polar surface area (TPSA) is 94.3 Å². The molecule has 1 amide bonds. The van der Waals surface area contributed by atoms with Gasteiger partial charge in [-0.2, -0.15) is 9.61 Å². The highest BCUT2D eigenvalue weighted by molar-refractivity contribution is 5.94. The molecular formula is C27H24N6O2. The molecule has 3 aromatic heterocycles. The van der Waals surface area contributed by atoms with E-state index in [1.54, 1.807) is 17.6 Å². The maximum atomic E-state index is 12.8. The number of benzene rings is 2. The third-order valence-corrected chi connectivity index (χ3v) is 5.60. The predicted octanol–water partition coefficient (Wildman–Crippen LogP) is 4.88. The molecule has 0 saturated carbocycles. The van der Waals surface area contributed by atoms with Crippen molar-refractivity contribution in [3.8, 4) is 28.5 Å². The maximum absolute atomic E-state index is 12.8. The number of anilines is 1. The fourth-order valence-corrected chi connectivity index (χ4v) is 3.68. The quantitative estimate of drug-likeness (QED) is 0.385. The van der Waals surface area contributed by atoms with Crippen molar-refractivity contribution in [2.24, 2.45) is 0 Å². The first-order valence-corrected chi connectivity index (χ1v) is 11.3. The molecule has 0 bridgehead atoms. The number of carbonyl (C=O) groups excluding carboxylic acids is 1. The van der Waals surface area contributed by atoms with Crippen LogP contribution in [0, 0.1) is 13.8 Å². The number of rotatable bonds is 6. The zero-order valence-electron chi connectivity index (χ0n) is 19.6. The van der Waals surface area contributed by atoms with Gasteiger partial charge >= 0.3 is 0 Å². The second kappa shape index (κ2) is 9.34. The van der Waals surface area contributed by atoms with Crippen LogP contribution >= 0.6 is 0 Å². The van der Waals surface area contributed by atoms with Crippen molar-refractivity contribution in [3.63, 3.8) is 0 Å². The molecule has 0 aliphatic carbocycles. The van der Waals surface area contributed by atoms with Crippen molar-refractivity contribution >= 4 is 17.2 Å². The molecule has 0 aliphatic heterocycles. The van der Waals surface area contributed by atoms with Crippen LogP contribution < -0.4 is 10.1 Å². The number of ether oxygens (including phenoxy) is 1. The number of pyridine rings is 1. The number of aryl methyl sites for hydroxylation is 2. The molecule has 0 aliphatic rings. The number of hydrogen-bond donors (Lipinski definition) is 1. The van der Waals surface area contributed by atoms with Gasteiger partial charge in [0.1, 0.15) is 11.4 Å². The molecule has 5 rings (SSSR count). The van der Waals surface area contributed by atoms with E-state index < -0.39 is 6.10 Å². The first-order chi connectivity index (χ1) is 17.0. The van der Waals surface area contributed by atoms with Crippen molar-refractivity contribution < 1.29 is 9.53 Å².